The Morgan fingerprint density at radius 1 is 1.19 bits per heavy atom. The fourth-order valence-electron chi connectivity index (χ4n) is 1.07. The van der Waals surface area contributed by atoms with Gasteiger partial charge in [0.15, 0.2) is 5.82 Å². The number of hydrogen-bond donors (Lipinski definition) is 2. The second-order valence-electron chi connectivity index (χ2n) is 4.36. The standard InChI is InChI=1S/C10H17N5S/c1-5-11-8-12-7(6-16)13-9(14-8)15-10(2,3)4/h6H,5H2,1-4H3,(H2,11,12,13,14,15). The van der Waals surface area contributed by atoms with Crippen molar-refractivity contribution in [2.45, 2.75) is 33.2 Å². The maximum Gasteiger partial charge on any atom is 0.228 e. The molecular formula is C10H17N5S. The van der Waals surface area contributed by atoms with Gasteiger partial charge < -0.3 is 10.6 Å². The highest BCUT2D eigenvalue weighted by Crippen LogP contribution is 2.11. The van der Waals surface area contributed by atoms with Gasteiger partial charge in [-0.3, -0.25) is 0 Å². The smallest absolute Gasteiger partial charge is 0.228 e. The minimum absolute atomic E-state index is 0.0937. The zero-order valence-corrected chi connectivity index (χ0v) is 10.9. The number of anilines is 2. The molecule has 0 aliphatic carbocycles. The van der Waals surface area contributed by atoms with Crippen molar-refractivity contribution in [3.8, 4) is 0 Å². The third-order valence-electron chi connectivity index (χ3n) is 1.58. The molecule has 0 aliphatic rings. The molecule has 1 rings (SSSR count). The summed E-state index contributed by atoms with van der Waals surface area (Å²) in [6.45, 7) is 8.87. The first-order chi connectivity index (χ1) is 7.44. The molecule has 0 bridgehead atoms. The van der Waals surface area contributed by atoms with Crippen molar-refractivity contribution in [3.63, 3.8) is 0 Å². The van der Waals surface area contributed by atoms with Crippen LogP contribution in [0.25, 0.3) is 0 Å². The van der Waals surface area contributed by atoms with Crippen LogP contribution in [0.1, 0.15) is 33.5 Å². The molecule has 0 saturated carbocycles. The van der Waals surface area contributed by atoms with Crippen molar-refractivity contribution >= 4 is 29.5 Å². The van der Waals surface area contributed by atoms with Crippen LogP contribution < -0.4 is 10.6 Å². The highest BCUT2D eigenvalue weighted by atomic mass is 32.1. The van der Waals surface area contributed by atoms with Gasteiger partial charge in [0.2, 0.25) is 11.9 Å². The van der Waals surface area contributed by atoms with E-state index >= 15 is 0 Å². The molecule has 0 atom stereocenters. The summed E-state index contributed by atoms with van der Waals surface area (Å²) >= 11 is 4.83. The van der Waals surface area contributed by atoms with Crippen LogP contribution in [0, 0.1) is 0 Å². The van der Waals surface area contributed by atoms with Gasteiger partial charge >= 0.3 is 0 Å². The number of nitrogens with zero attached hydrogens (tertiary/aromatic N) is 3. The Morgan fingerprint density at radius 2 is 1.81 bits per heavy atom. The van der Waals surface area contributed by atoms with Gasteiger partial charge in [-0.05, 0) is 27.7 Å². The first kappa shape index (κ1) is 12.8. The molecule has 0 fully saturated rings. The third kappa shape index (κ3) is 4.06. The van der Waals surface area contributed by atoms with Gasteiger partial charge in [0.05, 0.1) is 0 Å². The maximum atomic E-state index is 4.83. The summed E-state index contributed by atoms with van der Waals surface area (Å²) in [4.78, 5) is 12.6. The molecule has 88 valence electrons. The summed E-state index contributed by atoms with van der Waals surface area (Å²) in [5.41, 5.74) is -0.0937. The molecule has 5 nitrogen and oxygen atoms in total. The Kier molecular flexibility index (Phi) is 4.12. The summed E-state index contributed by atoms with van der Waals surface area (Å²) in [6.07, 6.45) is 0. The fraction of sp³-hybridized carbons (Fsp3) is 0.600. The number of thiocarbonyl (C=S) groups is 1. The first-order valence-corrected chi connectivity index (χ1v) is 5.65. The largest absolute Gasteiger partial charge is 0.354 e. The zero-order valence-electron chi connectivity index (χ0n) is 10.0. The lowest BCUT2D eigenvalue weighted by atomic mass is 10.1. The van der Waals surface area contributed by atoms with Crippen molar-refractivity contribution in [2.24, 2.45) is 0 Å². The highest BCUT2D eigenvalue weighted by molar-refractivity contribution is 7.79. The van der Waals surface area contributed by atoms with Crippen molar-refractivity contribution in [1.29, 1.82) is 0 Å². The predicted octanol–water partition coefficient (Wildman–Crippen LogP) is 1.86. The molecular weight excluding hydrogens is 222 g/mol. The molecule has 1 aromatic heterocycles. The summed E-state index contributed by atoms with van der Waals surface area (Å²) in [6, 6.07) is 0. The Balaban J connectivity index is 2.99. The molecule has 0 spiro atoms. The molecule has 0 unspecified atom stereocenters. The van der Waals surface area contributed by atoms with E-state index in [9.17, 15) is 0 Å². The molecule has 2 N–H and O–H groups in total. The average Bonchev–Trinajstić information content (AvgIpc) is 2.15. The average molecular weight is 239 g/mol. The second-order valence-corrected chi connectivity index (χ2v) is 4.60. The summed E-state index contributed by atoms with van der Waals surface area (Å²) < 4.78 is 0. The lowest BCUT2D eigenvalue weighted by Gasteiger charge is -2.20. The summed E-state index contributed by atoms with van der Waals surface area (Å²) in [5, 5.41) is 7.67. The molecule has 1 aromatic rings. The lowest BCUT2D eigenvalue weighted by molar-refractivity contribution is 0.625. The van der Waals surface area contributed by atoms with E-state index in [1.165, 1.54) is 5.37 Å². The molecule has 1 heterocycles. The minimum Gasteiger partial charge on any atom is -0.354 e. The van der Waals surface area contributed by atoms with E-state index < -0.39 is 0 Å². The summed E-state index contributed by atoms with van der Waals surface area (Å²) in [7, 11) is 0. The molecule has 0 amide bonds. The van der Waals surface area contributed by atoms with Gasteiger partial charge in [-0.25, -0.2) is 0 Å². The zero-order chi connectivity index (χ0) is 12.2. The lowest BCUT2D eigenvalue weighted by Crippen LogP contribution is -2.28. The topological polar surface area (TPSA) is 62.7 Å². The molecule has 0 saturated heterocycles. The summed E-state index contributed by atoms with van der Waals surface area (Å²) in [5.74, 6) is 1.57. The Morgan fingerprint density at radius 3 is 2.31 bits per heavy atom. The number of aromatic nitrogens is 3. The van der Waals surface area contributed by atoms with E-state index in [2.05, 4.69) is 25.6 Å². The van der Waals surface area contributed by atoms with Gasteiger partial charge in [0.25, 0.3) is 0 Å². The van der Waals surface area contributed by atoms with Crippen LogP contribution in [-0.4, -0.2) is 32.4 Å². The Bertz CT molecular complexity index is 372. The molecule has 6 heteroatoms. The molecule has 16 heavy (non-hydrogen) atoms. The van der Waals surface area contributed by atoms with Gasteiger partial charge in [-0.15, -0.1) is 0 Å². The van der Waals surface area contributed by atoms with Crippen LogP contribution in [0.5, 0.6) is 0 Å². The maximum absolute atomic E-state index is 4.83. The molecule has 0 aromatic carbocycles. The fourth-order valence-corrected chi connectivity index (χ4v) is 1.18. The molecule has 0 radical (unpaired) electrons. The van der Waals surface area contributed by atoms with Gasteiger partial charge in [0, 0.05) is 17.5 Å². The van der Waals surface area contributed by atoms with Crippen LogP contribution in [0.2, 0.25) is 0 Å². The quantitative estimate of drug-likeness (QED) is 0.782. The normalized spacial score (nSPS) is 11.0. The number of rotatable bonds is 4. The van der Waals surface area contributed by atoms with Crippen molar-refractivity contribution in [3.05, 3.63) is 5.82 Å². The van der Waals surface area contributed by atoms with Crippen LogP contribution in [0.15, 0.2) is 0 Å². The number of nitrogens with one attached hydrogen (secondary N) is 2. The predicted molar refractivity (Wildman–Crippen MR) is 70.1 cm³/mol. The van der Waals surface area contributed by atoms with E-state index in [4.69, 9.17) is 12.2 Å². The highest BCUT2D eigenvalue weighted by Gasteiger charge is 2.12. The van der Waals surface area contributed by atoms with Gasteiger partial charge in [-0.1, -0.05) is 12.2 Å². The van der Waals surface area contributed by atoms with Gasteiger partial charge in [0.1, 0.15) is 0 Å². The van der Waals surface area contributed by atoms with Crippen LogP contribution in [0.3, 0.4) is 0 Å². The van der Waals surface area contributed by atoms with Crippen LogP contribution in [0.4, 0.5) is 11.9 Å². The first-order valence-electron chi connectivity index (χ1n) is 5.18. The second kappa shape index (κ2) is 5.16. The van der Waals surface area contributed by atoms with Crippen molar-refractivity contribution < 1.29 is 0 Å². The monoisotopic (exact) mass is 239 g/mol. The Labute approximate surface area is 101 Å². The van der Waals surface area contributed by atoms with Crippen LogP contribution >= 0.6 is 12.2 Å². The van der Waals surface area contributed by atoms with Gasteiger partial charge in [-0.2, -0.15) is 15.0 Å². The van der Waals surface area contributed by atoms with E-state index in [0.29, 0.717) is 17.7 Å². The Hall–Kier alpha value is -1.30. The SMILES string of the molecule is CCNc1nc(C=S)nc(NC(C)(C)C)n1. The van der Waals surface area contributed by atoms with E-state index in [1.54, 1.807) is 0 Å². The van der Waals surface area contributed by atoms with E-state index in [1.807, 2.05) is 27.7 Å². The number of hydrogen-bond acceptors (Lipinski definition) is 6. The minimum atomic E-state index is -0.0937. The third-order valence-corrected chi connectivity index (χ3v) is 1.79. The van der Waals surface area contributed by atoms with E-state index in [0.717, 1.165) is 6.54 Å². The molecule has 0 aliphatic heterocycles. The van der Waals surface area contributed by atoms with E-state index in [-0.39, 0.29) is 5.54 Å². The van der Waals surface area contributed by atoms with Crippen LogP contribution in [-0.2, 0) is 0 Å². The van der Waals surface area contributed by atoms with Crippen molar-refractivity contribution in [2.75, 3.05) is 17.2 Å². The van der Waals surface area contributed by atoms with Crippen molar-refractivity contribution in [1.82, 2.24) is 15.0 Å².